The van der Waals surface area contributed by atoms with Crippen LogP contribution in [0.4, 0.5) is 0 Å². The van der Waals surface area contributed by atoms with E-state index >= 15 is 0 Å². The van der Waals surface area contributed by atoms with Crippen LogP contribution in [0.1, 0.15) is 52.4 Å². The highest BCUT2D eigenvalue weighted by atomic mass is 16.3. The highest BCUT2D eigenvalue weighted by Gasteiger charge is 1.93. The Bertz CT molecular complexity index is 106. The Morgan fingerprint density at radius 3 is 2.50 bits per heavy atom. The summed E-state index contributed by atoms with van der Waals surface area (Å²) in [5.41, 5.74) is 0. The Morgan fingerprint density at radius 1 is 1.17 bits per heavy atom. The fraction of sp³-hybridized carbons (Fsp3) is 0.818. The monoisotopic (exact) mass is 170 g/mol. The molecular weight excluding hydrogens is 148 g/mol. The Balaban J connectivity index is 2.96. The SMILES string of the molecule is CC/C=C/CCCCCC(C)O. The van der Waals surface area contributed by atoms with E-state index in [2.05, 4.69) is 19.1 Å². The van der Waals surface area contributed by atoms with Crippen molar-refractivity contribution in [2.24, 2.45) is 0 Å². The maximum atomic E-state index is 8.98. The van der Waals surface area contributed by atoms with E-state index in [1.807, 2.05) is 6.92 Å². The number of rotatable bonds is 7. The largest absolute Gasteiger partial charge is 0.393 e. The Kier molecular flexibility index (Phi) is 8.57. The minimum atomic E-state index is -0.115. The van der Waals surface area contributed by atoms with Crippen LogP contribution in [0.2, 0.25) is 0 Å². The van der Waals surface area contributed by atoms with Crippen molar-refractivity contribution in [3.63, 3.8) is 0 Å². The molecule has 0 radical (unpaired) electrons. The number of aliphatic hydroxyl groups is 1. The van der Waals surface area contributed by atoms with Gasteiger partial charge in [-0.05, 0) is 32.6 Å². The Morgan fingerprint density at radius 2 is 1.92 bits per heavy atom. The van der Waals surface area contributed by atoms with Gasteiger partial charge in [-0.1, -0.05) is 31.9 Å². The van der Waals surface area contributed by atoms with Crippen molar-refractivity contribution in [3.05, 3.63) is 12.2 Å². The van der Waals surface area contributed by atoms with Crippen LogP contribution in [0.5, 0.6) is 0 Å². The molecule has 0 aromatic carbocycles. The molecule has 0 aliphatic heterocycles. The van der Waals surface area contributed by atoms with E-state index in [1.165, 1.54) is 19.3 Å². The molecule has 72 valence electrons. The second-order valence-corrected chi connectivity index (χ2v) is 3.37. The molecule has 1 unspecified atom stereocenters. The highest BCUT2D eigenvalue weighted by molar-refractivity contribution is 4.79. The topological polar surface area (TPSA) is 20.2 Å². The number of hydrogen-bond donors (Lipinski definition) is 1. The van der Waals surface area contributed by atoms with E-state index in [0.717, 1.165) is 19.3 Å². The zero-order chi connectivity index (χ0) is 9.23. The molecule has 0 aromatic rings. The van der Waals surface area contributed by atoms with E-state index in [-0.39, 0.29) is 6.10 Å². The van der Waals surface area contributed by atoms with Crippen molar-refractivity contribution in [1.82, 2.24) is 0 Å². The second-order valence-electron chi connectivity index (χ2n) is 3.37. The molecule has 1 atom stereocenters. The van der Waals surface area contributed by atoms with Crippen LogP contribution in [0.3, 0.4) is 0 Å². The predicted octanol–water partition coefficient (Wildman–Crippen LogP) is 3.28. The van der Waals surface area contributed by atoms with Gasteiger partial charge in [-0.15, -0.1) is 0 Å². The molecule has 1 nitrogen and oxygen atoms in total. The molecule has 1 N–H and O–H groups in total. The maximum absolute atomic E-state index is 8.98. The third kappa shape index (κ3) is 9.70. The minimum Gasteiger partial charge on any atom is -0.393 e. The van der Waals surface area contributed by atoms with Gasteiger partial charge >= 0.3 is 0 Å². The third-order valence-electron chi connectivity index (χ3n) is 1.90. The lowest BCUT2D eigenvalue weighted by atomic mass is 10.1. The van der Waals surface area contributed by atoms with Crippen LogP contribution in [0.25, 0.3) is 0 Å². The predicted molar refractivity (Wildman–Crippen MR) is 54.2 cm³/mol. The Hall–Kier alpha value is -0.300. The first kappa shape index (κ1) is 11.7. The van der Waals surface area contributed by atoms with Crippen LogP contribution in [0.15, 0.2) is 12.2 Å². The summed E-state index contributed by atoms with van der Waals surface area (Å²) in [4.78, 5) is 0. The van der Waals surface area contributed by atoms with Crippen molar-refractivity contribution in [1.29, 1.82) is 0 Å². The lowest BCUT2D eigenvalue weighted by Gasteiger charge is -2.01. The van der Waals surface area contributed by atoms with Gasteiger partial charge in [0.05, 0.1) is 6.10 Å². The molecule has 0 spiro atoms. The van der Waals surface area contributed by atoms with Gasteiger partial charge in [-0.25, -0.2) is 0 Å². The molecule has 0 aliphatic rings. The van der Waals surface area contributed by atoms with Gasteiger partial charge in [-0.3, -0.25) is 0 Å². The number of allylic oxidation sites excluding steroid dienone is 2. The number of aliphatic hydroxyl groups excluding tert-OH is 1. The summed E-state index contributed by atoms with van der Waals surface area (Å²) in [6, 6.07) is 0. The van der Waals surface area contributed by atoms with Crippen LogP contribution in [-0.2, 0) is 0 Å². The molecule has 0 rings (SSSR count). The first-order valence-corrected chi connectivity index (χ1v) is 5.10. The van der Waals surface area contributed by atoms with Gasteiger partial charge in [0.15, 0.2) is 0 Å². The van der Waals surface area contributed by atoms with Crippen molar-refractivity contribution in [2.75, 3.05) is 0 Å². The fourth-order valence-electron chi connectivity index (χ4n) is 1.16. The van der Waals surface area contributed by atoms with Crippen molar-refractivity contribution in [3.8, 4) is 0 Å². The third-order valence-corrected chi connectivity index (χ3v) is 1.90. The number of hydrogen-bond acceptors (Lipinski definition) is 1. The van der Waals surface area contributed by atoms with Crippen LogP contribution < -0.4 is 0 Å². The van der Waals surface area contributed by atoms with Gasteiger partial charge in [0.25, 0.3) is 0 Å². The van der Waals surface area contributed by atoms with Gasteiger partial charge in [0.1, 0.15) is 0 Å². The summed E-state index contributed by atoms with van der Waals surface area (Å²) in [5, 5.41) is 8.98. The fourth-order valence-corrected chi connectivity index (χ4v) is 1.16. The van der Waals surface area contributed by atoms with E-state index < -0.39 is 0 Å². The lowest BCUT2D eigenvalue weighted by Crippen LogP contribution is -1.97. The summed E-state index contributed by atoms with van der Waals surface area (Å²) in [6.07, 6.45) is 11.3. The van der Waals surface area contributed by atoms with Gasteiger partial charge in [0.2, 0.25) is 0 Å². The molecule has 0 heterocycles. The maximum Gasteiger partial charge on any atom is 0.0512 e. The molecule has 0 saturated carbocycles. The van der Waals surface area contributed by atoms with Gasteiger partial charge in [-0.2, -0.15) is 0 Å². The summed E-state index contributed by atoms with van der Waals surface area (Å²) in [7, 11) is 0. The average molecular weight is 170 g/mol. The van der Waals surface area contributed by atoms with Gasteiger partial charge < -0.3 is 5.11 Å². The van der Waals surface area contributed by atoms with E-state index in [1.54, 1.807) is 0 Å². The zero-order valence-corrected chi connectivity index (χ0v) is 8.42. The minimum absolute atomic E-state index is 0.115. The lowest BCUT2D eigenvalue weighted by molar-refractivity contribution is 0.180. The quantitative estimate of drug-likeness (QED) is 0.459. The molecule has 0 aromatic heterocycles. The molecule has 0 aliphatic carbocycles. The summed E-state index contributed by atoms with van der Waals surface area (Å²) in [6.45, 7) is 4.01. The molecule has 0 bridgehead atoms. The summed E-state index contributed by atoms with van der Waals surface area (Å²) >= 11 is 0. The molecule has 0 amide bonds. The summed E-state index contributed by atoms with van der Waals surface area (Å²) in [5.74, 6) is 0. The molecule has 1 heteroatoms. The van der Waals surface area contributed by atoms with E-state index in [4.69, 9.17) is 5.11 Å². The standard InChI is InChI=1S/C11H22O/c1-3-4-5-6-7-8-9-10-11(2)12/h4-5,11-12H,3,6-10H2,1-2H3/b5-4+. The molecule has 0 saturated heterocycles. The van der Waals surface area contributed by atoms with Crippen LogP contribution in [-0.4, -0.2) is 11.2 Å². The Labute approximate surface area is 76.5 Å². The molecule has 0 fully saturated rings. The van der Waals surface area contributed by atoms with E-state index in [9.17, 15) is 0 Å². The van der Waals surface area contributed by atoms with E-state index in [0.29, 0.717) is 0 Å². The van der Waals surface area contributed by atoms with Gasteiger partial charge in [0, 0.05) is 0 Å². The van der Waals surface area contributed by atoms with Crippen LogP contribution in [0, 0.1) is 0 Å². The highest BCUT2D eigenvalue weighted by Crippen LogP contribution is 2.05. The first-order valence-electron chi connectivity index (χ1n) is 5.10. The molecule has 12 heavy (non-hydrogen) atoms. The normalized spacial score (nSPS) is 13.9. The van der Waals surface area contributed by atoms with Crippen molar-refractivity contribution in [2.45, 2.75) is 58.5 Å². The average Bonchev–Trinajstić information content (AvgIpc) is 2.02. The summed E-state index contributed by atoms with van der Waals surface area (Å²) < 4.78 is 0. The van der Waals surface area contributed by atoms with Crippen molar-refractivity contribution < 1.29 is 5.11 Å². The smallest absolute Gasteiger partial charge is 0.0512 e. The van der Waals surface area contributed by atoms with Crippen molar-refractivity contribution >= 4 is 0 Å². The number of unbranched alkanes of at least 4 members (excludes halogenated alkanes) is 3. The first-order chi connectivity index (χ1) is 5.77. The zero-order valence-electron chi connectivity index (χ0n) is 8.42. The van der Waals surface area contributed by atoms with Crippen LogP contribution >= 0.6 is 0 Å². The molecular formula is C11H22O. The second kappa shape index (κ2) is 8.79.